The van der Waals surface area contributed by atoms with Crippen LogP contribution >= 0.6 is 11.3 Å². The fraction of sp³-hybridized carbons (Fsp3) is 0.500. The summed E-state index contributed by atoms with van der Waals surface area (Å²) in [6.45, 7) is 3.32. The van der Waals surface area contributed by atoms with Gasteiger partial charge in [0.1, 0.15) is 10.6 Å². The second-order valence-corrected chi connectivity index (χ2v) is 4.15. The lowest BCUT2D eigenvalue weighted by molar-refractivity contribution is 0.112. The molecule has 0 aliphatic rings. The van der Waals surface area contributed by atoms with Gasteiger partial charge in [0, 0.05) is 12.1 Å². The Balaban J connectivity index is 2.91. The van der Waals surface area contributed by atoms with Crippen LogP contribution in [-0.4, -0.2) is 31.9 Å². The van der Waals surface area contributed by atoms with Gasteiger partial charge < -0.3 is 9.64 Å². The highest BCUT2D eigenvalue weighted by molar-refractivity contribution is 7.12. The average molecular weight is 213 g/mol. The van der Waals surface area contributed by atoms with E-state index in [0.29, 0.717) is 11.5 Å². The number of hydrogen-bond donors (Lipinski definition) is 0. The maximum atomic E-state index is 10.7. The van der Waals surface area contributed by atoms with E-state index in [0.717, 1.165) is 24.1 Å². The molecule has 0 fully saturated rings. The molecule has 1 aromatic rings. The number of thiophene rings is 1. The molecule has 14 heavy (non-hydrogen) atoms. The van der Waals surface area contributed by atoms with E-state index in [1.165, 1.54) is 11.3 Å². The first-order valence-corrected chi connectivity index (χ1v) is 5.40. The molecule has 0 aromatic carbocycles. The van der Waals surface area contributed by atoms with Gasteiger partial charge in [-0.15, -0.1) is 11.3 Å². The summed E-state index contributed by atoms with van der Waals surface area (Å²) < 4.78 is 5.45. The Morgan fingerprint density at radius 1 is 1.57 bits per heavy atom. The number of hydrogen-bond acceptors (Lipinski definition) is 4. The van der Waals surface area contributed by atoms with Gasteiger partial charge in [0.25, 0.3) is 0 Å². The van der Waals surface area contributed by atoms with Crippen LogP contribution in [0.5, 0.6) is 5.75 Å². The fourth-order valence-corrected chi connectivity index (χ4v) is 2.04. The third kappa shape index (κ3) is 2.56. The molecule has 0 bridgehead atoms. The Morgan fingerprint density at radius 2 is 2.29 bits per heavy atom. The number of carbonyl (C=O) groups excluding carboxylic acids is 1. The molecule has 0 aliphatic carbocycles. The Bertz CT molecular complexity index is 307. The van der Waals surface area contributed by atoms with Gasteiger partial charge in [0.05, 0.1) is 6.61 Å². The van der Waals surface area contributed by atoms with Crippen LogP contribution in [0.15, 0.2) is 5.38 Å². The molecule has 0 N–H and O–H groups in total. The van der Waals surface area contributed by atoms with Crippen LogP contribution in [0.25, 0.3) is 0 Å². The molecule has 1 aromatic heterocycles. The van der Waals surface area contributed by atoms with Crippen LogP contribution in [0.4, 0.5) is 0 Å². The molecule has 0 atom stereocenters. The molecule has 1 heterocycles. The van der Waals surface area contributed by atoms with E-state index in [2.05, 4.69) is 4.90 Å². The summed E-state index contributed by atoms with van der Waals surface area (Å²) in [5.41, 5.74) is 1.09. The highest BCUT2D eigenvalue weighted by Crippen LogP contribution is 2.30. The number of rotatable bonds is 5. The van der Waals surface area contributed by atoms with Gasteiger partial charge in [-0.2, -0.15) is 0 Å². The largest absolute Gasteiger partial charge is 0.492 e. The van der Waals surface area contributed by atoms with Crippen LogP contribution in [0.3, 0.4) is 0 Å². The highest BCUT2D eigenvalue weighted by atomic mass is 32.1. The van der Waals surface area contributed by atoms with Gasteiger partial charge in [-0.1, -0.05) is 0 Å². The normalized spacial score (nSPS) is 10.6. The topological polar surface area (TPSA) is 29.5 Å². The van der Waals surface area contributed by atoms with E-state index in [-0.39, 0.29) is 0 Å². The van der Waals surface area contributed by atoms with Crippen LogP contribution in [0.1, 0.15) is 22.2 Å². The van der Waals surface area contributed by atoms with E-state index in [1.54, 1.807) is 0 Å². The van der Waals surface area contributed by atoms with Crippen LogP contribution in [-0.2, 0) is 6.54 Å². The SMILES string of the molecule is CCOc1c(CN(C)C)csc1C=O. The molecule has 78 valence electrons. The van der Waals surface area contributed by atoms with Crippen molar-refractivity contribution < 1.29 is 9.53 Å². The lowest BCUT2D eigenvalue weighted by Gasteiger charge is -2.10. The molecule has 0 radical (unpaired) electrons. The van der Waals surface area contributed by atoms with Crippen molar-refractivity contribution in [2.75, 3.05) is 20.7 Å². The highest BCUT2D eigenvalue weighted by Gasteiger charge is 2.12. The number of nitrogens with zero attached hydrogens (tertiary/aromatic N) is 1. The Hall–Kier alpha value is -0.870. The smallest absolute Gasteiger partial charge is 0.163 e. The van der Waals surface area contributed by atoms with E-state index in [4.69, 9.17) is 4.74 Å². The molecule has 0 spiro atoms. The molecular weight excluding hydrogens is 198 g/mol. The molecule has 1 rings (SSSR count). The van der Waals surface area contributed by atoms with Gasteiger partial charge in [-0.25, -0.2) is 0 Å². The van der Waals surface area contributed by atoms with Crippen molar-refractivity contribution in [2.24, 2.45) is 0 Å². The minimum Gasteiger partial charge on any atom is -0.492 e. The van der Waals surface area contributed by atoms with Crippen molar-refractivity contribution in [1.29, 1.82) is 0 Å². The Labute approximate surface area is 88.3 Å². The van der Waals surface area contributed by atoms with Gasteiger partial charge in [0.2, 0.25) is 0 Å². The number of ether oxygens (including phenoxy) is 1. The molecular formula is C10H15NO2S. The van der Waals surface area contributed by atoms with Gasteiger partial charge >= 0.3 is 0 Å². The van der Waals surface area contributed by atoms with Crippen molar-refractivity contribution >= 4 is 17.6 Å². The van der Waals surface area contributed by atoms with Crippen molar-refractivity contribution in [3.63, 3.8) is 0 Å². The lowest BCUT2D eigenvalue weighted by atomic mass is 10.2. The first kappa shape index (κ1) is 11.2. The van der Waals surface area contributed by atoms with Crippen LogP contribution in [0.2, 0.25) is 0 Å². The monoisotopic (exact) mass is 213 g/mol. The predicted molar refractivity (Wildman–Crippen MR) is 58.3 cm³/mol. The average Bonchev–Trinajstić information content (AvgIpc) is 2.48. The number of aldehydes is 1. The second kappa shape index (κ2) is 5.12. The van der Waals surface area contributed by atoms with Crippen molar-refractivity contribution in [2.45, 2.75) is 13.5 Å². The van der Waals surface area contributed by atoms with E-state index in [9.17, 15) is 4.79 Å². The first-order valence-electron chi connectivity index (χ1n) is 4.52. The third-order valence-corrected chi connectivity index (χ3v) is 2.66. The van der Waals surface area contributed by atoms with Gasteiger partial charge in [0.15, 0.2) is 6.29 Å². The molecule has 3 nitrogen and oxygen atoms in total. The van der Waals surface area contributed by atoms with Crippen molar-refractivity contribution in [3.8, 4) is 5.75 Å². The van der Waals surface area contributed by atoms with E-state index in [1.807, 2.05) is 26.4 Å². The maximum Gasteiger partial charge on any atom is 0.163 e. The molecule has 0 unspecified atom stereocenters. The van der Waals surface area contributed by atoms with Crippen LogP contribution in [0, 0.1) is 0 Å². The maximum absolute atomic E-state index is 10.7. The zero-order valence-corrected chi connectivity index (χ0v) is 9.56. The number of carbonyl (C=O) groups is 1. The Kier molecular flexibility index (Phi) is 4.10. The van der Waals surface area contributed by atoms with Crippen molar-refractivity contribution in [1.82, 2.24) is 4.90 Å². The van der Waals surface area contributed by atoms with Crippen LogP contribution < -0.4 is 4.74 Å². The summed E-state index contributed by atoms with van der Waals surface area (Å²) in [5, 5.41) is 1.98. The quantitative estimate of drug-likeness (QED) is 0.701. The standard InChI is InChI=1S/C10H15NO2S/c1-4-13-10-8(5-11(2)3)7-14-9(10)6-12/h6-7H,4-5H2,1-3H3. The first-order chi connectivity index (χ1) is 6.69. The van der Waals surface area contributed by atoms with Gasteiger partial charge in [-0.3, -0.25) is 4.79 Å². The minimum atomic E-state index is 0.595. The van der Waals surface area contributed by atoms with E-state index < -0.39 is 0 Å². The molecule has 0 saturated carbocycles. The minimum absolute atomic E-state index is 0.595. The molecule has 4 heteroatoms. The zero-order chi connectivity index (χ0) is 10.6. The van der Waals surface area contributed by atoms with E-state index >= 15 is 0 Å². The summed E-state index contributed by atoms with van der Waals surface area (Å²) in [4.78, 5) is 13.5. The fourth-order valence-electron chi connectivity index (χ4n) is 1.24. The third-order valence-electron chi connectivity index (χ3n) is 1.73. The lowest BCUT2D eigenvalue weighted by Crippen LogP contribution is -2.11. The molecule has 0 aliphatic heterocycles. The second-order valence-electron chi connectivity index (χ2n) is 3.24. The summed E-state index contributed by atoms with van der Waals surface area (Å²) in [7, 11) is 3.99. The molecule has 0 saturated heterocycles. The van der Waals surface area contributed by atoms with Gasteiger partial charge in [-0.05, 0) is 26.4 Å². The summed E-state index contributed by atoms with van der Waals surface area (Å²) in [5.74, 6) is 0.751. The Morgan fingerprint density at radius 3 is 2.79 bits per heavy atom. The van der Waals surface area contributed by atoms with Crippen molar-refractivity contribution in [3.05, 3.63) is 15.8 Å². The molecule has 0 amide bonds. The summed E-state index contributed by atoms with van der Waals surface area (Å²) >= 11 is 1.44. The summed E-state index contributed by atoms with van der Waals surface area (Å²) in [6.07, 6.45) is 0.856. The zero-order valence-electron chi connectivity index (χ0n) is 8.74. The predicted octanol–water partition coefficient (Wildman–Crippen LogP) is 2.02. The summed E-state index contributed by atoms with van der Waals surface area (Å²) in [6, 6.07) is 0.